The number of halogens is 2. The largest absolute Gasteiger partial charge is 0.396 e. The van der Waals surface area contributed by atoms with Gasteiger partial charge >= 0.3 is 0 Å². The highest BCUT2D eigenvalue weighted by Crippen LogP contribution is 2.56. The van der Waals surface area contributed by atoms with Gasteiger partial charge in [-0.05, 0) is 30.7 Å². The molecule has 5 N–H and O–H groups in total. The van der Waals surface area contributed by atoms with Gasteiger partial charge in [0, 0.05) is 50.0 Å². The number of H-pyrrole nitrogens is 1. The number of aliphatic hydroxyl groups is 2. The van der Waals surface area contributed by atoms with Gasteiger partial charge in [0.1, 0.15) is 23.9 Å². The molecule has 5 rings (SSSR count). The van der Waals surface area contributed by atoms with E-state index in [1.807, 2.05) is 12.3 Å². The van der Waals surface area contributed by atoms with Gasteiger partial charge in [-0.1, -0.05) is 0 Å². The molecule has 12 heteroatoms. The molecule has 3 fully saturated rings. The number of carbonyl (C=O) groups is 2. The molecule has 2 aliphatic carbocycles. The Balaban J connectivity index is 1.12. The summed E-state index contributed by atoms with van der Waals surface area (Å²) in [4.78, 5) is 39.2. The van der Waals surface area contributed by atoms with Gasteiger partial charge in [0.2, 0.25) is 11.8 Å². The topological polar surface area (TPSA) is 143 Å². The van der Waals surface area contributed by atoms with Crippen LogP contribution in [0.15, 0.2) is 18.6 Å². The van der Waals surface area contributed by atoms with Crippen molar-refractivity contribution in [3.63, 3.8) is 0 Å². The zero-order valence-electron chi connectivity index (χ0n) is 19.3. The maximum absolute atomic E-state index is 13.2. The molecule has 2 aromatic rings. The second-order valence-electron chi connectivity index (χ2n) is 10.4. The van der Waals surface area contributed by atoms with Crippen LogP contribution in [0.1, 0.15) is 32.1 Å². The van der Waals surface area contributed by atoms with Crippen molar-refractivity contribution in [3.05, 3.63) is 18.6 Å². The number of aliphatic hydroxyl groups excluding tert-OH is 2. The number of fused-ring (bicyclic) bond motifs is 1. The maximum Gasteiger partial charge on any atom is 0.250 e. The Morgan fingerprint density at radius 3 is 2.71 bits per heavy atom. The fourth-order valence-electron chi connectivity index (χ4n) is 5.67. The Morgan fingerprint density at radius 1 is 1.26 bits per heavy atom. The number of rotatable bonds is 8. The van der Waals surface area contributed by atoms with Gasteiger partial charge in [0.25, 0.3) is 5.91 Å². The minimum Gasteiger partial charge on any atom is -0.396 e. The minimum atomic E-state index is -2.84. The molecule has 1 aliphatic heterocycles. The van der Waals surface area contributed by atoms with Crippen LogP contribution in [0.25, 0.3) is 11.0 Å². The summed E-state index contributed by atoms with van der Waals surface area (Å²) in [6, 6.07) is 1.94. The van der Waals surface area contributed by atoms with E-state index in [-0.39, 0.29) is 30.3 Å². The van der Waals surface area contributed by atoms with Crippen LogP contribution in [0, 0.1) is 16.7 Å². The number of hydrogen-bond acceptors (Lipinski definition) is 7. The van der Waals surface area contributed by atoms with Crippen LogP contribution in [0.4, 0.5) is 14.6 Å². The van der Waals surface area contributed by atoms with Gasteiger partial charge in [0.15, 0.2) is 0 Å². The van der Waals surface area contributed by atoms with E-state index in [0.29, 0.717) is 19.5 Å². The van der Waals surface area contributed by atoms with E-state index in [1.165, 1.54) is 6.33 Å². The van der Waals surface area contributed by atoms with E-state index in [2.05, 4.69) is 30.5 Å². The van der Waals surface area contributed by atoms with E-state index >= 15 is 0 Å². The molecule has 2 atom stereocenters. The molecule has 10 nitrogen and oxygen atoms in total. The number of anilines is 1. The van der Waals surface area contributed by atoms with Gasteiger partial charge in [-0.25, -0.2) is 18.7 Å². The first-order chi connectivity index (χ1) is 16.7. The van der Waals surface area contributed by atoms with Crippen molar-refractivity contribution in [3.8, 4) is 0 Å². The minimum absolute atomic E-state index is 0.151. The third-order valence-corrected chi connectivity index (χ3v) is 7.79. The van der Waals surface area contributed by atoms with Crippen molar-refractivity contribution in [1.29, 1.82) is 0 Å². The lowest BCUT2D eigenvalue weighted by Crippen LogP contribution is -2.56. The molecule has 0 bridgehead atoms. The molecule has 2 saturated carbocycles. The Hall–Kier alpha value is -2.86. The van der Waals surface area contributed by atoms with Crippen LogP contribution in [0.3, 0.4) is 0 Å². The predicted octanol–water partition coefficient (Wildman–Crippen LogP) is 0.566. The normalized spacial score (nSPS) is 24.6. The number of piperidine rings is 1. The standard InChI is InChI=1S/C23H30F2N6O4/c24-23(25)8-21(9-23,12-32)10-28-20(35)16(33)7-27-19(34)15-2-6-31(11-22(15)3-4-22)18-14-1-5-26-17(14)29-13-30-18/h1,5,13,15-16,32-33H,2-4,6-12H2,(H,27,34)(H,28,35)(H,26,29,30)/t15-,16?/m1/s1. The lowest BCUT2D eigenvalue weighted by atomic mass is 9.66. The molecule has 0 aromatic carbocycles. The number of amides is 2. The van der Waals surface area contributed by atoms with E-state index in [1.54, 1.807) is 0 Å². The van der Waals surface area contributed by atoms with E-state index in [0.717, 1.165) is 29.7 Å². The Kier molecular flexibility index (Phi) is 5.91. The second-order valence-corrected chi connectivity index (χ2v) is 10.4. The quantitative estimate of drug-likeness (QED) is 0.362. The van der Waals surface area contributed by atoms with Crippen molar-refractivity contribution in [2.24, 2.45) is 16.7 Å². The third kappa shape index (κ3) is 4.56. The molecule has 3 aliphatic rings. The van der Waals surface area contributed by atoms with E-state index in [4.69, 9.17) is 0 Å². The smallest absolute Gasteiger partial charge is 0.250 e. The highest BCUT2D eigenvalue weighted by molar-refractivity contribution is 5.88. The highest BCUT2D eigenvalue weighted by Gasteiger charge is 2.57. The van der Waals surface area contributed by atoms with Crippen molar-refractivity contribution in [2.75, 3.05) is 37.7 Å². The molecule has 1 unspecified atom stereocenters. The molecule has 35 heavy (non-hydrogen) atoms. The molecule has 3 heterocycles. The van der Waals surface area contributed by atoms with Crippen molar-refractivity contribution in [2.45, 2.75) is 44.1 Å². The summed E-state index contributed by atoms with van der Waals surface area (Å²) in [6.07, 6.45) is 3.29. The molecule has 190 valence electrons. The second kappa shape index (κ2) is 8.66. The van der Waals surface area contributed by atoms with Crippen LogP contribution in [0.2, 0.25) is 0 Å². The van der Waals surface area contributed by atoms with Gasteiger partial charge in [-0.2, -0.15) is 0 Å². The molecule has 0 radical (unpaired) electrons. The number of aromatic nitrogens is 3. The average molecular weight is 493 g/mol. The molecular formula is C23H30F2N6O4. The fraction of sp³-hybridized carbons (Fsp3) is 0.652. The summed E-state index contributed by atoms with van der Waals surface area (Å²) in [5, 5.41) is 25.7. The Bertz CT molecular complexity index is 1110. The van der Waals surface area contributed by atoms with Crippen LogP contribution >= 0.6 is 0 Å². The van der Waals surface area contributed by atoms with Crippen LogP contribution in [-0.4, -0.2) is 81.8 Å². The van der Waals surface area contributed by atoms with Gasteiger partial charge < -0.3 is 30.7 Å². The molecule has 1 saturated heterocycles. The Morgan fingerprint density at radius 2 is 2.03 bits per heavy atom. The summed E-state index contributed by atoms with van der Waals surface area (Å²) < 4.78 is 26.4. The van der Waals surface area contributed by atoms with Crippen molar-refractivity contribution >= 4 is 28.7 Å². The highest BCUT2D eigenvalue weighted by atomic mass is 19.3. The van der Waals surface area contributed by atoms with Crippen LogP contribution in [-0.2, 0) is 9.59 Å². The van der Waals surface area contributed by atoms with Crippen LogP contribution in [0.5, 0.6) is 0 Å². The van der Waals surface area contributed by atoms with E-state index < -0.39 is 42.8 Å². The summed E-state index contributed by atoms with van der Waals surface area (Å²) >= 11 is 0. The number of alkyl halides is 2. The summed E-state index contributed by atoms with van der Waals surface area (Å²) in [6.45, 7) is 0.454. The van der Waals surface area contributed by atoms with Crippen molar-refractivity contribution < 1.29 is 28.6 Å². The summed E-state index contributed by atoms with van der Waals surface area (Å²) in [7, 11) is 0. The monoisotopic (exact) mass is 492 g/mol. The number of nitrogens with one attached hydrogen (secondary N) is 3. The molecular weight excluding hydrogens is 462 g/mol. The first-order valence-corrected chi connectivity index (χ1v) is 11.9. The maximum atomic E-state index is 13.2. The zero-order chi connectivity index (χ0) is 24.8. The van der Waals surface area contributed by atoms with Gasteiger partial charge in [-0.3, -0.25) is 9.59 Å². The SMILES string of the molecule is O=C(NCC1(CO)CC(F)(F)C1)C(O)CNC(=O)[C@H]1CCN(c2ncnc3[nH]ccc23)CC12CC2. The number of aromatic amines is 1. The van der Waals surface area contributed by atoms with Gasteiger partial charge in [0.05, 0.1) is 18.5 Å². The zero-order valence-corrected chi connectivity index (χ0v) is 19.3. The predicted molar refractivity (Wildman–Crippen MR) is 122 cm³/mol. The molecule has 2 aromatic heterocycles. The van der Waals surface area contributed by atoms with E-state index in [9.17, 15) is 28.6 Å². The molecule has 2 amide bonds. The summed E-state index contributed by atoms with van der Waals surface area (Å²) in [5.41, 5.74) is -0.459. The first kappa shape index (κ1) is 23.9. The third-order valence-electron chi connectivity index (χ3n) is 7.79. The first-order valence-electron chi connectivity index (χ1n) is 11.9. The molecule has 1 spiro atoms. The number of hydrogen-bond donors (Lipinski definition) is 5. The van der Waals surface area contributed by atoms with Gasteiger partial charge in [-0.15, -0.1) is 0 Å². The average Bonchev–Trinajstić information content (AvgIpc) is 3.39. The number of nitrogens with zero attached hydrogens (tertiary/aromatic N) is 3. The number of carbonyl (C=O) groups excluding carboxylic acids is 2. The summed E-state index contributed by atoms with van der Waals surface area (Å²) in [5.74, 6) is -3.18. The van der Waals surface area contributed by atoms with Crippen LogP contribution < -0.4 is 15.5 Å². The van der Waals surface area contributed by atoms with Crippen molar-refractivity contribution in [1.82, 2.24) is 25.6 Å². The lowest BCUT2D eigenvalue weighted by Gasteiger charge is -2.46. The fourth-order valence-corrected chi connectivity index (χ4v) is 5.67. The Labute approximate surface area is 200 Å². The lowest BCUT2D eigenvalue weighted by molar-refractivity contribution is -0.175.